The lowest BCUT2D eigenvalue weighted by Gasteiger charge is -2.18. The van der Waals surface area contributed by atoms with E-state index in [0.29, 0.717) is 19.3 Å². The maximum absolute atomic E-state index is 12.8. The predicted molar refractivity (Wildman–Crippen MR) is 297 cm³/mol. The van der Waals surface area contributed by atoms with Crippen molar-refractivity contribution in [3.8, 4) is 0 Å². The fourth-order valence-corrected chi connectivity index (χ4v) is 7.35. The van der Waals surface area contributed by atoms with Crippen LogP contribution in [0.3, 0.4) is 0 Å². The Kier molecular flexibility index (Phi) is 53.0. The van der Waals surface area contributed by atoms with E-state index in [9.17, 15) is 14.4 Å². The summed E-state index contributed by atoms with van der Waals surface area (Å²) in [7, 11) is 0. The molecule has 0 aliphatic carbocycles. The van der Waals surface area contributed by atoms with Crippen LogP contribution in [0, 0.1) is 0 Å². The molecule has 0 aliphatic heterocycles. The lowest BCUT2D eigenvalue weighted by molar-refractivity contribution is -0.167. The van der Waals surface area contributed by atoms with Gasteiger partial charge in [0.25, 0.3) is 0 Å². The van der Waals surface area contributed by atoms with Crippen LogP contribution >= 0.6 is 0 Å². The van der Waals surface area contributed by atoms with Gasteiger partial charge in [0.1, 0.15) is 13.2 Å². The van der Waals surface area contributed by atoms with Gasteiger partial charge < -0.3 is 14.2 Å². The van der Waals surface area contributed by atoms with Gasteiger partial charge in [-0.1, -0.05) is 239 Å². The van der Waals surface area contributed by atoms with E-state index in [1.807, 2.05) is 0 Å². The smallest absolute Gasteiger partial charge is 0.306 e. The number of carbonyl (C=O) groups excluding carboxylic acids is 3. The first-order chi connectivity index (χ1) is 34.0. The first kappa shape index (κ1) is 64.8. The number of esters is 3. The minimum Gasteiger partial charge on any atom is -0.462 e. The molecule has 0 rings (SSSR count). The second-order valence-corrected chi connectivity index (χ2v) is 18.2. The van der Waals surface area contributed by atoms with Crippen molar-refractivity contribution in [2.75, 3.05) is 13.2 Å². The zero-order valence-electron chi connectivity index (χ0n) is 44.5. The molecular formula is C63H102O6. The number of rotatable bonds is 49. The number of unbranched alkanes of at least 4 members (excludes halogenated alkanes) is 21. The van der Waals surface area contributed by atoms with Gasteiger partial charge in [-0.05, 0) is 103 Å². The van der Waals surface area contributed by atoms with E-state index in [1.165, 1.54) is 103 Å². The van der Waals surface area contributed by atoms with Crippen LogP contribution in [-0.4, -0.2) is 37.2 Å². The Morgan fingerprint density at radius 3 is 1.09 bits per heavy atom. The molecule has 0 saturated heterocycles. The second-order valence-electron chi connectivity index (χ2n) is 18.2. The van der Waals surface area contributed by atoms with Crippen LogP contribution in [0.1, 0.15) is 239 Å². The molecule has 0 fully saturated rings. The van der Waals surface area contributed by atoms with Gasteiger partial charge in [-0.3, -0.25) is 14.4 Å². The van der Waals surface area contributed by atoms with E-state index in [1.54, 1.807) is 0 Å². The summed E-state index contributed by atoms with van der Waals surface area (Å²) in [6.45, 7) is 6.30. The Hall–Kier alpha value is -4.19. The molecule has 0 aromatic heterocycles. The van der Waals surface area contributed by atoms with E-state index in [4.69, 9.17) is 14.2 Å². The zero-order valence-corrected chi connectivity index (χ0v) is 44.5. The van der Waals surface area contributed by atoms with Crippen LogP contribution < -0.4 is 0 Å². The molecule has 0 amide bonds. The maximum Gasteiger partial charge on any atom is 0.306 e. The van der Waals surface area contributed by atoms with Gasteiger partial charge in [0.15, 0.2) is 6.10 Å². The van der Waals surface area contributed by atoms with Gasteiger partial charge in [0.2, 0.25) is 0 Å². The molecule has 0 saturated carbocycles. The van der Waals surface area contributed by atoms with Gasteiger partial charge in [-0.15, -0.1) is 0 Å². The monoisotopic (exact) mass is 955 g/mol. The van der Waals surface area contributed by atoms with Gasteiger partial charge in [-0.2, -0.15) is 0 Å². The summed E-state index contributed by atoms with van der Waals surface area (Å²) in [4.78, 5) is 38.1. The molecular weight excluding hydrogens is 853 g/mol. The lowest BCUT2D eigenvalue weighted by atomic mass is 10.1. The zero-order chi connectivity index (χ0) is 50.0. The molecule has 69 heavy (non-hydrogen) atoms. The van der Waals surface area contributed by atoms with Gasteiger partial charge in [0, 0.05) is 19.3 Å². The number of carbonyl (C=O) groups is 3. The van der Waals surface area contributed by atoms with E-state index in [2.05, 4.69) is 142 Å². The molecule has 0 heterocycles. The molecule has 0 N–H and O–H groups in total. The third kappa shape index (κ3) is 54.6. The second kappa shape index (κ2) is 56.4. The van der Waals surface area contributed by atoms with E-state index >= 15 is 0 Å². The van der Waals surface area contributed by atoms with Crippen LogP contribution in [0.4, 0.5) is 0 Å². The van der Waals surface area contributed by atoms with Crippen LogP contribution in [0.2, 0.25) is 0 Å². The van der Waals surface area contributed by atoms with E-state index < -0.39 is 6.10 Å². The van der Waals surface area contributed by atoms with Crippen molar-refractivity contribution in [1.82, 2.24) is 0 Å². The Labute approximate surface area is 424 Å². The summed E-state index contributed by atoms with van der Waals surface area (Å²) in [6.07, 6.45) is 77.6. The molecule has 0 aromatic carbocycles. The minimum absolute atomic E-state index is 0.109. The van der Waals surface area contributed by atoms with Gasteiger partial charge >= 0.3 is 17.9 Å². The molecule has 6 nitrogen and oxygen atoms in total. The van der Waals surface area contributed by atoms with Crippen molar-refractivity contribution in [2.45, 2.75) is 245 Å². The largest absolute Gasteiger partial charge is 0.462 e. The van der Waals surface area contributed by atoms with Crippen molar-refractivity contribution in [3.05, 3.63) is 122 Å². The van der Waals surface area contributed by atoms with Crippen molar-refractivity contribution in [2.24, 2.45) is 0 Å². The molecule has 390 valence electrons. The predicted octanol–water partition coefficient (Wildman–Crippen LogP) is 18.9. The Morgan fingerprint density at radius 1 is 0.319 bits per heavy atom. The number of hydrogen-bond acceptors (Lipinski definition) is 6. The molecule has 0 bridgehead atoms. The first-order valence-corrected chi connectivity index (χ1v) is 28.1. The number of hydrogen-bond donors (Lipinski definition) is 0. The number of ether oxygens (including phenoxy) is 3. The maximum atomic E-state index is 12.8. The summed E-state index contributed by atoms with van der Waals surface area (Å²) in [5, 5.41) is 0. The third-order valence-corrected chi connectivity index (χ3v) is 11.5. The summed E-state index contributed by atoms with van der Waals surface area (Å²) in [5.41, 5.74) is 0. The molecule has 1 atom stereocenters. The topological polar surface area (TPSA) is 78.9 Å². The highest BCUT2D eigenvalue weighted by Crippen LogP contribution is 2.14. The van der Waals surface area contributed by atoms with Crippen molar-refractivity contribution >= 4 is 17.9 Å². The molecule has 6 heteroatoms. The summed E-state index contributed by atoms with van der Waals surface area (Å²) in [5.74, 6) is -0.986. The first-order valence-electron chi connectivity index (χ1n) is 28.1. The van der Waals surface area contributed by atoms with Crippen LogP contribution in [0.25, 0.3) is 0 Å². The van der Waals surface area contributed by atoms with Crippen molar-refractivity contribution in [3.63, 3.8) is 0 Å². The minimum atomic E-state index is -0.818. The summed E-state index contributed by atoms with van der Waals surface area (Å²) >= 11 is 0. The molecule has 0 spiro atoms. The number of allylic oxidation sites excluding steroid dienone is 20. The average molecular weight is 956 g/mol. The fraction of sp³-hybridized carbons (Fsp3) is 0.635. The van der Waals surface area contributed by atoms with E-state index in [0.717, 1.165) is 89.9 Å². The Morgan fingerprint density at radius 2 is 0.652 bits per heavy atom. The molecule has 0 aliphatic rings. The highest BCUT2D eigenvalue weighted by Gasteiger charge is 2.19. The van der Waals surface area contributed by atoms with E-state index in [-0.39, 0.29) is 37.5 Å². The van der Waals surface area contributed by atoms with Gasteiger partial charge in [-0.25, -0.2) is 0 Å². The highest BCUT2D eigenvalue weighted by molar-refractivity contribution is 5.71. The quantitative estimate of drug-likeness (QED) is 0.0199. The molecule has 0 radical (unpaired) electrons. The van der Waals surface area contributed by atoms with Crippen LogP contribution in [0.15, 0.2) is 122 Å². The fourth-order valence-electron chi connectivity index (χ4n) is 7.35. The average Bonchev–Trinajstić information content (AvgIpc) is 3.35. The van der Waals surface area contributed by atoms with Gasteiger partial charge in [0.05, 0.1) is 0 Å². The highest BCUT2D eigenvalue weighted by atomic mass is 16.6. The van der Waals surface area contributed by atoms with Crippen LogP contribution in [0.5, 0.6) is 0 Å². The standard InChI is InChI=1S/C63H102O6/c1-4-7-10-13-16-19-22-25-28-30-31-33-35-38-41-44-47-50-53-56-62(65)68-59-60(58-67-61(64)55-52-49-46-43-40-37-34-27-24-21-18-15-12-9-6-3)69-63(66)57-54-51-48-45-42-39-36-32-29-26-23-20-17-14-11-8-5-2/h8-9,11-12,15-22,24-26,29,36,39,45,48,60H,4-7,10,13-14,23,27-28,30-35,37-38,40-44,46-47,49-59H2,1-3H3/b11-8-,12-9-,18-15-,19-16-,20-17-,24-21-,25-22-,29-26-,39-36-,48-45-. The SMILES string of the molecule is CC\C=C/C=C\C=C/CCCCCCCCCC(=O)OCC(COC(=O)CCCCCCCCCCCC/C=C\C=C/CCCCC)OC(=O)CCC/C=C\C/C=C\C/C=C\C/C=C\C/C=C\CC. The third-order valence-electron chi connectivity index (χ3n) is 11.5. The Bertz CT molecular complexity index is 1470. The van der Waals surface area contributed by atoms with Crippen molar-refractivity contribution in [1.29, 1.82) is 0 Å². The van der Waals surface area contributed by atoms with Crippen molar-refractivity contribution < 1.29 is 28.6 Å². The van der Waals surface area contributed by atoms with Crippen LogP contribution in [-0.2, 0) is 28.6 Å². The molecule has 0 aromatic rings. The normalized spacial score (nSPS) is 13.0. The summed E-state index contributed by atoms with van der Waals surface area (Å²) < 4.78 is 16.8. The molecule has 1 unspecified atom stereocenters. The summed E-state index contributed by atoms with van der Waals surface area (Å²) in [6, 6.07) is 0. The Balaban J connectivity index is 4.50. The lowest BCUT2D eigenvalue weighted by Crippen LogP contribution is -2.30.